The van der Waals surface area contributed by atoms with Gasteiger partial charge in [0.05, 0.1) is 33.9 Å². The number of nitriles is 1. The third kappa shape index (κ3) is 6.52. The number of hydrogen-bond donors (Lipinski definition) is 0. The van der Waals surface area contributed by atoms with E-state index in [1.807, 2.05) is 30.3 Å². The van der Waals surface area contributed by atoms with Gasteiger partial charge in [-0.05, 0) is 131 Å². The number of benzene rings is 11. The third-order valence-electron chi connectivity index (χ3n) is 13.4. The molecule has 0 saturated carbocycles. The average Bonchev–Trinajstić information content (AvgIpc) is 3.71. The molecular formula is C63H38N4. The van der Waals surface area contributed by atoms with E-state index in [4.69, 9.17) is 9.97 Å². The van der Waals surface area contributed by atoms with Crippen molar-refractivity contribution in [2.75, 3.05) is 0 Å². The Morgan fingerprint density at radius 2 is 0.896 bits per heavy atom. The molecule has 4 heteroatoms. The lowest BCUT2D eigenvalue weighted by molar-refractivity contribution is 1.01. The monoisotopic (exact) mass is 850 g/mol. The molecule has 4 nitrogen and oxygen atoms in total. The van der Waals surface area contributed by atoms with Crippen LogP contribution in [0.25, 0.3) is 127 Å². The van der Waals surface area contributed by atoms with Crippen LogP contribution in [0.4, 0.5) is 0 Å². The molecular weight excluding hydrogens is 813 g/mol. The van der Waals surface area contributed by atoms with Gasteiger partial charge in [0.15, 0.2) is 0 Å². The molecule has 0 aliphatic heterocycles. The lowest BCUT2D eigenvalue weighted by Crippen LogP contribution is -2.04. The van der Waals surface area contributed by atoms with Gasteiger partial charge in [0.2, 0.25) is 5.95 Å². The summed E-state index contributed by atoms with van der Waals surface area (Å²) in [4.78, 5) is 11.3. The minimum absolute atomic E-state index is 0.598. The fraction of sp³-hybridized carbons (Fsp3) is 0. The highest BCUT2D eigenvalue weighted by Gasteiger charge is 2.22. The molecule has 13 rings (SSSR count). The summed E-state index contributed by atoms with van der Waals surface area (Å²) >= 11 is 0. The third-order valence-corrected chi connectivity index (χ3v) is 13.4. The van der Waals surface area contributed by atoms with Crippen molar-refractivity contribution in [3.05, 3.63) is 236 Å². The van der Waals surface area contributed by atoms with Gasteiger partial charge in [0.25, 0.3) is 0 Å². The molecule has 0 aliphatic rings. The Balaban J connectivity index is 1.10. The fourth-order valence-electron chi connectivity index (χ4n) is 10.0. The van der Waals surface area contributed by atoms with Crippen molar-refractivity contribution in [2.24, 2.45) is 0 Å². The van der Waals surface area contributed by atoms with Gasteiger partial charge in [-0.2, -0.15) is 5.26 Å². The van der Waals surface area contributed by atoms with E-state index in [1.54, 1.807) is 0 Å². The van der Waals surface area contributed by atoms with Crippen LogP contribution in [0.1, 0.15) is 5.56 Å². The summed E-state index contributed by atoms with van der Waals surface area (Å²) < 4.78 is 2.26. The molecule has 2 heterocycles. The van der Waals surface area contributed by atoms with E-state index in [1.165, 1.54) is 27.3 Å². The van der Waals surface area contributed by atoms with Gasteiger partial charge < -0.3 is 0 Å². The Labute approximate surface area is 386 Å². The highest BCUT2D eigenvalue weighted by Crippen LogP contribution is 2.43. The van der Waals surface area contributed by atoms with Crippen molar-refractivity contribution < 1.29 is 0 Å². The van der Waals surface area contributed by atoms with Crippen molar-refractivity contribution in [3.8, 4) is 67.8 Å². The summed E-state index contributed by atoms with van der Waals surface area (Å²) in [7, 11) is 0. The number of aromatic nitrogens is 3. The Bertz CT molecular complexity index is 4140. The van der Waals surface area contributed by atoms with Crippen LogP contribution in [0.15, 0.2) is 231 Å². The van der Waals surface area contributed by atoms with Gasteiger partial charge in [-0.1, -0.05) is 176 Å². The number of fused-ring (bicyclic) bond motifs is 7. The molecule has 0 aliphatic carbocycles. The van der Waals surface area contributed by atoms with Gasteiger partial charge in [0, 0.05) is 21.7 Å². The van der Waals surface area contributed by atoms with E-state index < -0.39 is 0 Å². The van der Waals surface area contributed by atoms with Crippen molar-refractivity contribution in [2.45, 2.75) is 0 Å². The summed E-state index contributed by atoms with van der Waals surface area (Å²) in [6, 6.07) is 84.2. The standard InChI is InChI=1S/C63H38N4/c64-39-40-21-23-45(24-22-40)54-37-58-59(38-55(54)46-28-25-43(26-29-46)41-11-2-1-3-12-41)65-63(66-62(58)53-20-10-18-44-14-8-9-19-52(44)53)67-60-32-31-51(50-30-27-42-13-4-5-15-47(42)33-50)35-56(60)57-34-48-16-6-7-17-49(48)36-61(57)67/h1-38H. The van der Waals surface area contributed by atoms with Crippen molar-refractivity contribution in [1.82, 2.24) is 14.5 Å². The molecule has 0 radical (unpaired) electrons. The Hall–Kier alpha value is -9.17. The second-order valence-electron chi connectivity index (χ2n) is 17.3. The Kier molecular flexibility index (Phi) is 8.87. The van der Waals surface area contributed by atoms with Crippen molar-refractivity contribution >= 4 is 65.0 Å². The van der Waals surface area contributed by atoms with Gasteiger partial charge in [-0.25, -0.2) is 9.97 Å². The molecule has 0 fully saturated rings. The van der Waals surface area contributed by atoms with Crippen LogP contribution in [0.5, 0.6) is 0 Å². The van der Waals surface area contributed by atoms with E-state index in [-0.39, 0.29) is 0 Å². The first-order valence-corrected chi connectivity index (χ1v) is 22.6. The smallest absolute Gasteiger partial charge is 0.235 e. The zero-order valence-electron chi connectivity index (χ0n) is 36.2. The van der Waals surface area contributed by atoms with Crippen molar-refractivity contribution in [1.29, 1.82) is 5.26 Å². The molecule has 0 atom stereocenters. The molecule has 13 aromatic rings. The topological polar surface area (TPSA) is 54.5 Å². The van der Waals surface area contributed by atoms with Crippen LogP contribution in [0.2, 0.25) is 0 Å². The van der Waals surface area contributed by atoms with Crippen LogP contribution in [0.3, 0.4) is 0 Å². The lowest BCUT2D eigenvalue weighted by atomic mass is 9.90. The molecule has 0 saturated heterocycles. The van der Waals surface area contributed by atoms with Crippen LogP contribution in [-0.4, -0.2) is 14.5 Å². The first-order chi connectivity index (χ1) is 33.1. The SMILES string of the molecule is N#Cc1ccc(-c2cc3c(-c4cccc5ccccc45)nc(-n4c5ccc(-c6ccc7ccccc7c6)cc5c5cc6ccccc6cc54)nc3cc2-c2ccc(-c3ccccc3)cc2)cc1. The Morgan fingerprint density at radius 1 is 0.328 bits per heavy atom. The first-order valence-electron chi connectivity index (χ1n) is 22.6. The number of rotatable bonds is 6. The highest BCUT2D eigenvalue weighted by atomic mass is 15.2. The number of nitrogens with zero attached hydrogens (tertiary/aromatic N) is 4. The lowest BCUT2D eigenvalue weighted by Gasteiger charge is -2.17. The van der Waals surface area contributed by atoms with Crippen LogP contribution in [-0.2, 0) is 0 Å². The normalized spacial score (nSPS) is 11.6. The maximum absolute atomic E-state index is 9.76. The predicted molar refractivity (Wildman–Crippen MR) is 278 cm³/mol. The first kappa shape index (κ1) is 38.3. The average molecular weight is 851 g/mol. The summed E-state index contributed by atoms with van der Waals surface area (Å²) in [5.74, 6) is 0.598. The van der Waals surface area contributed by atoms with E-state index in [2.05, 4.69) is 211 Å². The van der Waals surface area contributed by atoms with Gasteiger partial charge in [-0.3, -0.25) is 4.57 Å². The van der Waals surface area contributed by atoms with E-state index in [0.717, 1.165) is 93.5 Å². The van der Waals surface area contributed by atoms with Crippen molar-refractivity contribution in [3.63, 3.8) is 0 Å². The zero-order chi connectivity index (χ0) is 44.4. The second-order valence-corrected chi connectivity index (χ2v) is 17.3. The summed E-state index contributed by atoms with van der Waals surface area (Å²) in [6.07, 6.45) is 0. The van der Waals surface area contributed by atoms with E-state index in [9.17, 15) is 5.26 Å². The summed E-state index contributed by atoms with van der Waals surface area (Å²) in [5.41, 5.74) is 14.2. The van der Waals surface area contributed by atoms with Crippen LogP contribution >= 0.6 is 0 Å². The van der Waals surface area contributed by atoms with E-state index >= 15 is 0 Å². The second kappa shape index (κ2) is 15.5. The van der Waals surface area contributed by atoms with Gasteiger partial charge in [-0.15, -0.1) is 0 Å². The minimum atomic E-state index is 0.598. The van der Waals surface area contributed by atoms with E-state index in [0.29, 0.717) is 11.5 Å². The molecule has 0 unspecified atom stereocenters. The van der Waals surface area contributed by atoms with Crippen LogP contribution < -0.4 is 0 Å². The predicted octanol–water partition coefficient (Wildman–Crippen LogP) is 16.4. The molecule has 0 N–H and O–H groups in total. The largest absolute Gasteiger partial charge is 0.278 e. The fourth-order valence-corrected chi connectivity index (χ4v) is 10.0. The quantitative estimate of drug-likeness (QED) is 0.167. The molecule has 0 spiro atoms. The van der Waals surface area contributed by atoms with Crippen LogP contribution in [0, 0.1) is 11.3 Å². The van der Waals surface area contributed by atoms with Gasteiger partial charge >= 0.3 is 0 Å². The maximum Gasteiger partial charge on any atom is 0.235 e. The molecule has 310 valence electrons. The zero-order valence-corrected chi connectivity index (χ0v) is 36.2. The summed E-state index contributed by atoms with van der Waals surface area (Å²) in [6.45, 7) is 0. The molecule has 11 aromatic carbocycles. The highest BCUT2D eigenvalue weighted by molar-refractivity contribution is 6.15. The number of hydrogen-bond acceptors (Lipinski definition) is 3. The summed E-state index contributed by atoms with van der Waals surface area (Å²) in [5, 5.41) is 20.0. The molecule has 2 aromatic heterocycles. The molecule has 0 amide bonds. The molecule has 0 bridgehead atoms. The maximum atomic E-state index is 9.76. The minimum Gasteiger partial charge on any atom is -0.278 e. The van der Waals surface area contributed by atoms with Gasteiger partial charge in [0.1, 0.15) is 0 Å². The Morgan fingerprint density at radius 3 is 1.67 bits per heavy atom. The molecule has 67 heavy (non-hydrogen) atoms.